The molecule has 19 heavy (non-hydrogen) atoms. The zero-order valence-corrected chi connectivity index (χ0v) is 11.9. The molecule has 1 aromatic carbocycles. The number of benzene rings is 1. The van der Waals surface area contributed by atoms with Crippen molar-refractivity contribution in [3.8, 4) is 11.5 Å². The van der Waals surface area contributed by atoms with Crippen LogP contribution in [0.3, 0.4) is 0 Å². The first-order valence-corrected chi connectivity index (χ1v) is 6.38. The van der Waals surface area contributed by atoms with Crippen LogP contribution in [-0.2, 0) is 4.79 Å². The number of rotatable bonds is 6. The van der Waals surface area contributed by atoms with Gasteiger partial charge in [0.2, 0.25) is 0 Å². The molecule has 1 aromatic rings. The molecule has 5 nitrogen and oxygen atoms in total. The number of hydrogen-bond donors (Lipinski definition) is 2. The smallest absolute Gasteiger partial charge is 0.260 e. The van der Waals surface area contributed by atoms with Crippen molar-refractivity contribution in [1.29, 1.82) is 0 Å². The largest absolute Gasteiger partial charge is 0.493 e. The van der Waals surface area contributed by atoms with Crippen molar-refractivity contribution in [1.82, 2.24) is 5.32 Å². The number of anilines is 1. The van der Waals surface area contributed by atoms with Crippen molar-refractivity contribution in [2.75, 3.05) is 12.8 Å². The van der Waals surface area contributed by atoms with Gasteiger partial charge in [-0.25, -0.2) is 0 Å². The number of nitrogens with two attached hydrogens (primary N) is 1. The molecule has 0 aliphatic rings. The lowest BCUT2D eigenvalue weighted by molar-refractivity contribution is -0.127. The molecule has 0 fully saturated rings. The van der Waals surface area contributed by atoms with E-state index in [0.29, 0.717) is 17.2 Å². The van der Waals surface area contributed by atoms with Crippen LogP contribution in [0.4, 0.5) is 5.69 Å². The number of hydrogen-bond acceptors (Lipinski definition) is 4. The van der Waals surface area contributed by atoms with E-state index >= 15 is 0 Å². The molecule has 0 heterocycles. The van der Waals surface area contributed by atoms with E-state index in [2.05, 4.69) is 5.32 Å². The van der Waals surface area contributed by atoms with Crippen LogP contribution in [0, 0.1) is 0 Å². The van der Waals surface area contributed by atoms with Gasteiger partial charge in [-0.1, -0.05) is 6.92 Å². The van der Waals surface area contributed by atoms with Crippen molar-refractivity contribution in [2.45, 2.75) is 39.3 Å². The van der Waals surface area contributed by atoms with E-state index in [1.807, 2.05) is 13.8 Å². The van der Waals surface area contributed by atoms with Crippen molar-refractivity contribution >= 4 is 11.6 Å². The molecule has 1 amide bonds. The predicted octanol–water partition coefficient (Wildman–Crippen LogP) is 1.96. The fourth-order valence-corrected chi connectivity index (χ4v) is 1.49. The summed E-state index contributed by atoms with van der Waals surface area (Å²) in [6, 6.07) is 5.19. The number of amides is 1. The van der Waals surface area contributed by atoms with Crippen LogP contribution in [0.1, 0.15) is 27.2 Å². The molecule has 1 rings (SSSR count). The molecule has 0 aromatic heterocycles. The zero-order valence-electron chi connectivity index (χ0n) is 11.9. The Labute approximate surface area is 114 Å². The zero-order chi connectivity index (χ0) is 14.4. The van der Waals surface area contributed by atoms with E-state index < -0.39 is 6.10 Å². The highest BCUT2D eigenvalue weighted by Gasteiger charge is 2.18. The number of nitrogen functional groups attached to an aromatic ring is 1. The first-order chi connectivity index (χ1) is 8.97. The molecule has 0 radical (unpaired) electrons. The summed E-state index contributed by atoms with van der Waals surface area (Å²) in [4.78, 5) is 11.9. The molecule has 0 saturated heterocycles. The second-order valence-electron chi connectivity index (χ2n) is 4.49. The highest BCUT2D eigenvalue weighted by atomic mass is 16.5. The lowest BCUT2D eigenvalue weighted by Gasteiger charge is -2.19. The third-order valence-electron chi connectivity index (χ3n) is 2.86. The standard InChI is InChI=1S/C14H22N2O3/c1-5-9(2)16-14(17)10(3)19-12-7-6-11(15)8-13(12)18-4/h6-10H,5,15H2,1-4H3,(H,16,17). The maximum Gasteiger partial charge on any atom is 0.260 e. The molecule has 0 spiro atoms. The van der Waals surface area contributed by atoms with Crippen LogP contribution >= 0.6 is 0 Å². The Morgan fingerprint density at radius 1 is 1.37 bits per heavy atom. The quantitative estimate of drug-likeness (QED) is 0.772. The van der Waals surface area contributed by atoms with Crippen LogP contribution in [0.25, 0.3) is 0 Å². The topological polar surface area (TPSA) is 73.6 Å². The van der Waals surface area contributed by atoms with E-state index in [9.17, 15) is 4.79 Å². The van der Waals surface area contributed by atoms with Crippen LogP contribution in [0.2, 0.25) is 0 Å². The summed E-state index contributed by atoms with van der Waals surface area (Å²) in [5.74, 6) is 0.875. The van der Waals surface area contributed by atoms with Gasteiger partial charge in [-0.15, -0.1) is 0 Å². The Balaban J connectivity index is 2.71. The Morgan fingerprint density at radius 2 is 2.05 bits per heavy atom. The molecular formula is C14H22N2O3. The van der Waals surface area contributed by atoms with Gasteiger partial charge in [0, 0.05) is 17.8 Å². The van der Waals surface area contributed by atoms with Gasteiger partial charge in [-0.2, -0.15) is 0 Å². The minimum absolute atomic E-state index is 0.131. The van der Waals surface area contributed by atoms with Crippen LogP contribution in [-0.4, -0.2) is 25.2 Å². The third kappa shape index (κ3) is 4.35. The first kappa shape index (κ1) is 15.1. The Kier molecular flexibility index (Phi) is 5.48. The van der Waals surface area contributed by atoms with Crippen LogP contribution in [0.15, 0.2) is 18.2 Å². The highest BCUT2D eigenvalue weighted by molar-refractivity contribution is 5.81. The Morgan fingerprint density at radius 3 is 2.63 bits per heavy atom. The van der Waals surface area contributed by atoms with Gasteiger partial charge in [0.05, 0.1) is 7.11 Å². The number of methoxy groups -OCH3 is 1. The maximum atomic E-state index is 11.9. The van der Waals surface area contributed by atoms with Crippen LogP contribution in [0.5, 0.6) is 11.5 Å². The summed E-state index contributed by atoms with van der Waals surface area (Å²) >= 11 is 0. The number of nitrogens with one attached hydrogen (secondary N) is 1. The minimum Gasteiger partial charge on any atom is -0.493 e. The van der Waals surface area contributed by atoms with Crippen molar-refractivity contribution in [2.24, 2.45) is 0 Å². The number of carbonyl (C=O) groups is 1. The van der Waals surface area contributed by atoms with Crippen molar-refractivity contribution in [3.63, 3.8) is 0 Å². The summed E-state index contributed by atoms with van der Waals surface area (Å²) in [7, 11) is 1.53. The van der Waals surface area contributed by atoms with Crippen LogP contribution < -0.4 is 20.5 Å². The Hall–Kier alpha value is -1.91. The maximum absolute atomic E-state index is 11.9. The monoisotopic (exact) mass is 266 g/mol. The molecule has 0 aliphatic heterocycles. The molecule has 5 heteroatoms. The summed E-state index contributed by atoms with van der Waals surface area (Å²) in [5.41, 5.74) is 6.25. The van der Waals surface area contributed by atoms with Gasteiger partial charge in [0.15, 0.2) is 17.6 Å². The molecule has 2 unspecified atom stereocenters. The van der Waals surface area contributed by atoms with E-state index in [0.717, 1.165) is 6.42 Å². The molecule has 0 aliphatic carbocycles. The van der Waals surface area contributed by atoms with Gasteiger partial charge < -0.3 is 20.5 Å². The molecular weight excluding hydrogens is 244 g/mol. The summed E-state index contributed by atoms with van der Waals surface area (Å²) in [6.07, 6.45) is 0.287. The minimum atomic E-state index is -0.591. The molecule has 2 atom stereocenters. The highest BCUT2D eigenvalue weighted by Crippen LogP contribution is 2.29. The van der Waals surface area contributed by atoms with Gasteiger partial charge in [0.1, 0.15) is 0 Å². The lowest BCUT2D eigenvalue weighted by Crippen LogP contribution is -2.41. The fraction of sp³-hybridized carbons (Fsp3) is 0.500. The second-order valence-corrected chi connectivity index (χ2v) is 4.49. The third-order valence-corrected chi connectivity index (χ3v) is 2.86. The Bertz CT molecular complexity index is 435. The molecule has 0 saturated carbocycles. The van der Waals surface area contributed by atoms with Gasteiger partial charge in [-0.3, -0.25) is 4.79 Å². The van der Waals surface area contributed by atoms with Crippen molar-refractivity contribution in [3.05, 3.63) is 18.2 Å². The summed E-state index contributed by atoms with van der Waals surface area (Å²) in [5, 5.41) is 2.87. The SMILES string of the molecule is CCC(C)NC(=O)C(C)Oc1ccc(N)cc1OC. The first-order valence-electron chi connectivity index (χ1n) is 6.38. The molecule has 3 N–H and O–H groups in total. The number of ether oxygens (including phenoxy) is 2. The van der Waals surface area contributed by atoms with E-state index in [1.54, 1.807) is 25.1 Å². The second kappa shape index (κ2) is 6.87. The van der Waals surface area contributed by atoms with E-state index in [1.165, 1.54) is 7.11 Å². The van der Waals surface area contributed by atoms with Gasteiger partial charge in [-0.05, 0) is 32.4 Å². The average molecular weight is 266 g/mol. The van der Waals surface area contributed by atoms with Gasteiger partial charge >= 0.3 is 0 Å². The van der Waals surface area contributed by atoms with E-state index in [4.69, 9.17) is 15.2 Å². The van der Waals surface area contributed by atoms with Crippen molar-refractivity contribution < 1.29 is 14.3 Å². The van der Waals surface area contributed by atoms with Gasteiger partial charge in [0.25, 0.3) is 5.91 Å². The predicted molar refractivity (Wildman–Crippen MR) is 75.4 cm³/mol. The lowest BCUT2D eigenvalue weighted by atomic mass is 10.2. The normalized spacial score (nSPS) is 13.5. The van der Waals surface area contributed by atoms with E-state index in [-0.39, 0.29) is 11.9 Å². The molecule has 106 valence electrons. The summed E-state index contributed by atoms with van der Waals surface area (Å²) in [6.45, 7) is 5.67. The molecule has 0 bridgehead atoms. The summed E-state index contributed by atoms with van der Waals surface area (Å²) < 4.78 is 10.8. The average Bonchev–Trinajstić information content (AvgIpc) is 2.40. The fourth-order valence-electron chi connectivity index (χ4n) is 1.49. The number of carbonyl (C=O) groups excluding carboxylic acids is 1.